The molecule has 3 rings (SSSR count). The highest BCUT2D eigenvalue weighted by atomic mass is 16.6. The number of nitrogens with one attached hydrogen (secondary N) is 1. The van der Waals surface area contributed by atoms with Crippen molar-refractivity contribution in [3.05, 3.63) is 28.4 Å². The first-order chi connectivity index (χ1) is 11.1. The zero-order chi connectivity index (χ0) is 16.4. The topological polar surface area (TPSA) is 112 Å². The lowest BCUT2D eigenvalue weighted by Gasteiger charge is -2.12. The first-order valence-electron chi connectivity index (χ1n) is 7.51. The van der Waals surface area contributed by atoms with Crippen LogP contribution in [-0.4, -0.2) is 38.1 Å². The maximum Gasteiger partial charge on any atom is 0.368 e. The van der Waals surface area contributed by atoms with Gasteiger partial charge >= 0.3 is 11.8 Å². The molecule has 0 radical (unpaired) electrons. The molecule has 1 fully saturated rings. The van der Waals surface area contributed by atoms with Crippen molar-refractivity contribution in [2.75, 3.05) is 11.9 Å². The number of carbonyl (C=O) groups is 1. The molecule has 0 aliphatic heterocycles. The summed E-state index contributed by atoms with van der Waals surface area (Å²) in [4.78, 5) is 26.1. The lowest BCUT2D eigenvalue weighted by Crippen LogP contribution is -2.20. The fraction of sp³-hybridized carbons (Fsp3) is 0.500. The molecule has 0 amide bonds. The molecule has 2 unspecified atom stereocenters. The summed E-state index contributed by atoms with van der Waals surface area (Å²) in [5.41, 5.74) is 0.415. The van der Waals surface area contributed by atoms with Gasteiger partial charge in [0.1, 0.15) is 6.20 Å². The van der Waals surface area contributed by atoms with Crippen LogP contribution in [-0.2, 0) is 9.53 Å². The van der Waals surface area contributed by atoms with Crippen LogP contribution in [0.3, 0.4) is 0 Å². The summed E-state index contributed by atoms with van der Waals surface area (Å²) in [6.07, 6.45) is 3.45. The van der Waals surface area contributed by atoms with Crippen molar-refractivity contribution in [3.63, 3.8) is 0 Å². The van der Waals surface area contributed by atoms with Crippen LogP contribution >= 0.6 is 0 Å². The summed E-state index contributed by atoms with van der Waals surface area (Å²) in [7, 11) is 0. The highest BCUT2D eigenvalue weighted by molar-refractivity contribution is 5.73. The van der Waals surface area contributed by atoms with E-state index in [1.807, 2.05) is 0 Å². The molecule has 1 aliphatic carbocycles. The van der Waals surface area contributed by atoms with E-state index in [4.69, 9.17) is 4.74 Å². The van der Waals surface area contributed by atoms with Crippen LogP contribution in [0.2, 0.25) is 0 Å². The normalized spacial score (nSPS) is 20.6. The fourth-order valence-electron chi connectivity index (χ4n) is 2.86. The molecule has 2 aromatic heterocycles. The largest absolute Gasteiger partial charge is 0.466 e. The number of nitrogens with zero attached hydrogens (tertiary/aromatic N) is 4. The van der Waals surface area contributed by atoms with Crippen molar-refractivity contribution in [2.45, 2.75) is 32.2 Å². The number of fused-ring (bicyclic) bond motifs is 1. The molecule has 2 heterocycles. The van der Waals surface area contributed by atoms with E-state index in [1.54, 1.807) is 19.1 Å². The molecule has 23 heavy (non-hydrogen) atoms. The van der Waals surface area contributed by atoms with Crippen molar-refractivity contribution in [2.24, 2.45) is 5.92 Å². The van der Waals surface area contributed by atoms with Crippen molar-refractivity contribution in [1.29, 1.82) is 0 Å². The predicted molar refractivity (Wildman–Crippen MR) is 81.0 cm³/mol. The van der Waals surface area contributed by atoms with Crippen LogP contribution in [0.25, 0.3) is 5.65 Å². The minimum Gasteiger partial charge on any atom is -0.466 e. The average molecular weight is 319 g/mol. The smallest absolute Gasteiger partial charge is 0.368 e. The van der Waals surface area contributed by atoms with E-state index in [0.29, 0.717) is 24.5 Å². The lowest BCUT2D eigenvalue weighted by molar-refractivity contribution is -0.391. The fourth-order valence-corrected chi connectivity index (χ4v) is 2.86. The Labute approximate surface area is 131 Å². The van der Waals surface area contributed by atoms with Crippen molar-refractivity contribution in [1.82, 2.24) is 14.6 Å². The standard InChI is InChI=1S/C14H17N5O4/c1-2-23-14(20)9-3-4-10(7-9)16-11-5-6-12-15-8-13(19(21)22)18(12)17-11/h5-6,8-10H,2-4,7H2,1H3,(H,16,17). The second-order valence-electron chi connectivity index (χ2n) is 5.47. The lowest BCUT2D eigenvalue weighted by atomic mass is 10.1. The third-order valence-electron chi connectivity index (χ3n) is 3.94. The molecule has 0 spiro atoms. The number of imidazole rings is 1. The summed E-state index contributed by atoms with van der Waals surface area (Å²) in [6, 6.07) is 3.49. The van der Waals surface area contributed by atoms with Crippen LogP contribution in [0.1, 0.15) is 26.2 Å². The van der Waals surface area contributed by atoms with Gasteiger partial charge in [-0.1, -0.05) is 9.61 Å². The Morgan fingerprint density at radius 1 is 1.52 bits per heavy atom. The first-order valence-corrected chi connectivity index (χ1v) is 7.51. The van der Waals surface area contributed by atoms with E-state index in [1.165, 1.54) is 10.7 Å². The predicted octanol–water partition coefficient (Wildman–Crippen LogP) is 1.78. The van der Waals surface area contributed by atoms with Crippen LogP contribution < -0.4 is 5.32 Å². The number of rotatable bonds is 5. The second kappa shape index (κ2) is 6.19. The molecule has 0 aromatic carbocycles. The highest BCUT2D eigenvalue weighted by Gasteiger charge is 2.31. The minimum atomic E-state index is -0.525. The van der Waals surface area contributed by atoms with E-state index in [0.717, 1.165) is 12.8 Å². The number of esters is 1. The van der Waals surface area contributed by atoms with Crippen LogP contribution in [0.4, 0.5) is 11.6 Å². The molecule has 122 valence electrons. The quantitative estimate of drug-likeness (QED) is 0.508. The molecular weight excluding hydrogens is 302 g/mol. The number of carbonyl (C=O) groups excluding carboxylic acids is 1. The zero-order valence-corrected chi connectivity index (χ0v) is 12.6. The molecule has 2 aromatic rings. The minimum absolute atomic E-state index is 0.0944. The van der Waals surface area contributed by atoms with Gasteiger partial charge < -0.3 is 20.2 Å². The Bertz CT molecular complexity index is 744. The Balaban J connectivity index is 1.71. The second-order valence-corrected chi connectivity index (χ2v) is 5.47. The number of hydrogen-bond acceptors (Lipinski definition) is 7. The maximum atomic E-state index is 11.8. The summed E-state index contributed by atoms with van der Waals surface area (Å²) in [5.74, 6) is 0.0804. The third-order valence-corrected chi connectivity index (χ3v) is 3.94. The van der Waals surface area contributed by atoms with Gasteiger partial charge in [-0.3, -0.25) is 4.79 Å². The Kier molecular flexibility index (Phi) is 4.09. The van der Waals surface area contributed by atoms with E-state index in [2.05, 4.69) is 15.4 Å². The van der Waals surface area contributed by atoms with E-state index in [-0.39, 0.29) is 23.7 Å². The summed E-state index contributed by atoms with van der Waals surface area (Å²) >= 11 is 0. The van der Waals surface area contributed by atoms with Crippen LogP contribution in [0, 0.1) is 16.0 Å². The van der Waals surface area contributed by atoms with Crippen molar-refractivity contribution >= 4 is 23.3 Å². The van der Waals surface area contributed by atoms with Gasteiger partial charge in [0.15, 0.2) is 5.82 Å². The molecule has 9 heteroatoms. The van der Waals surface area contributed by atoms with Gasteiger partial charge in [0.05, 0.1) is 12.5 Å². The number of anilines is 1. The van der Waals surface area contributed by atoms with Crippen molar-refractivity contribution < 1.29 is 14.5 Å². The van der Waals surface area contributed by atoms with Gasteiger partial charge in [0, 0.05) is 12.1 Å². The van der Waals surface area contributed by atoms with Gasteiger partial charge in [0.25, 0.3) is 0 Å². The number of nitro groups is 1. The Hall–Kier alpha value is -2.71. The van der Waals surface area contributed by atoms with Gasteiger partial charge in [0.2, 0.25) is 5.65 Å². The number of hydrogen-bond donors (Lipinski definition) is 1. The molecule has 2 atom stereocenters. The van der Waals surface area contributed by atoms with Gasteiger partial charge in [-0.25, -0.2) is 4.98 Å². The van der Waals surface area contributed by atoms with Crippen molar-refractivity contribution in [3.8, 4) is 0 Å². The zero-order valence-electron chi connectivity index (χ0n) is 12.6. The van der Waals surface area contributed by atoms with Gasteiger partial charge in [-0.15, -0.1) is 0 Å². The molecule has 0 saturated heterocycles. The monoisotopic (exact) mass is 319 g/mol. The number of ether oxygens (including phenoxy) is 1. The Morgan fingerprint density at radius 3 is 3.09 bits per heavy atom. The molecular formula is C14H17N5O4. The summed E-state index contributed by atoms with van der Waals surface area (Å²) < 4.78 is 6.24. The third kappa shape index (κ3) is 3.08. The van der Waals surface area contributed by atoms with Crippen LogP contribution in [0.5, 0.6) is 0 Å². The molecule has 0 bridgehead atoms. The molecule has 1 aliphatic rings. The molecule has 1 N–H and O–H groups in total. The van der Waals surface area contributed by atoms with E-state index < -0.39 is 4.92 Å². The molecule has 9 nitrogen and oxygen atoms in total. The van der Waals surface area contributed by atoms with Gasteiger partial charge in [-0.05, 0) is 37.2 Å². The highest BCUT2D eigenvalue weighted by Crippen LogP contribution is 2.29. The van der Waals surface area contributed by atoms with Gasteiger partial charge in [-0.2, -0.15) is 0 Å². The van der Waals surface area contributed by atoms with Crippen LogP contribution in [0.15, 0.2) is 18.3 Å². The first kappa shape index (κ1) is 15.2. The number of aromatic nitrogens is 3. The summed E-state index contributed by atoms with van der Waals surface area (Å²) in [5, 5.41) is 18.4. The molecule has 1 saturated carbocycles. The Morgan fingerprint density at radius 2 is 2.35 bits per heavy atom. The van der Waals surface area contributed by atoms with E-state index in [9.17, 15) is 14.9 Å². The maximum absolute atomic E-state index is 11.8. The summed E-state index contributed by atoms with van der Waals surface area (Å²) in [6.45, 7) is 2.18. The SMILES string of the molecule is CCOC(=O)C1CCC(Nc2ccc3ncc([N+](=O)[O-])n3n2)C1. The van der Waals surface area contributed by atoms with E-state index >= 15 is 0 Å². The average Bonchev–Trinajstić information content (AvgIpc) is 3.14.